The van der Waals surface area contributed by atoms with E-state index in [0.29, 0.717) is 5.92 Å². The largest absolute Gasteiger partial charge is 0.380 e. The summed E-state index contributed by atoms with van der Waals surface area (Å²) in [6, 6.07) is 30.1. The molecule has 310 valence electrons. The fraction of sp³-hybridized carbons (Fsp3) is 0.250. The molecule has 4 aromatic carbocycles. The van der Waals surface area contributed by atoms with Gasteiger partial charge in [0, 0.05) is 23.2 Å². The Kier molecular flexibility index (Phi) is 18.5. The first-order valence-corrected chi connectivity index (χ1v) is 23.8. The number of hydrogen-bond donors (Lipinski definition) is 2. The molecule has 4 heteroatoms. The average Bonchev–Trinajstić information content (AvgIpc) is 3.53. The molecule has 1 heterocycles. The summed E-state index contributed by atoms with van der Waals surface area (Å²) in [6.45, 7) is 17.8. The van der Waals surface area contributed by atoms with Gasteiger partial charge in [-0.1, -0.05) is 184 Å². The monoisotopic (exact) mass is 905 g/mol. The van der Waals surface area contributed by atoms with E-state index < -0.39 is 21.3 Å². The molecule has 0 saturated heterocycles. The maximum atomic E-state index is 5.76. The van der Waals surface area contributed by atoms with Crippen molar-refractivity contribution in [1.29, 1.82) is 0 Å². The molecule has 3 nitrogen and oxygen atoms in total. The molecule has 60 heavy (non-hydrogen) atoms. The van der Waals surface area contributed by atoms with E-state index in [9.17, 15) is 0 Å². The van der Waals surface area contributed by atoms with Crippen LogP contribution in [0.2, 0.25) is 0 Å². The lowest BCUT2D eigenvalue weighted by molar-refractivity contribution is 0.531. The third-order valence-electron chi connectivity index (χ3n) is 11.0. The van der Waals surface area contributed by atoms with Gasteiger partial charge in [-0.15, -0.1) is 0 Å². The first kappa shape index (κ1) is 45.9. The SMILES string of the molecule is C=C\C=C/C1=C(C/C(C)=C/C(=C\C=C/C)c2ccc3c(c2)C2=CC=CCC=C2CN3)/C(C)=C\CCC(C)C1.CC.NI=Nc1c(Cc2ccccc2)ccc2ccccc12. The molecule has 0 saturated carbocycles. The first-order valence-electron chi connectivity index (χ1n) is 21.6. The number of halogens is 1. The van der Waals surface area contributed by atoms with Gasteiger partial charge in [-0.2, -0.15) is 0 Å². The molecule has 0 radical (unpaired) electrons. The standard InChI is InChI=1S/C37H43N.C17H15IN2.C2H6/c1-6-8-16-30(31-20-21-37-36(25-31)34-19-12-10-11-18-33(34)26-38-37)23-28(4)24-35-29(5)15-13-14-27(3)22-32(35)17-9-7-2;19-18-20-17-15(12-13-6-2-1-3-7-13)11-10-14-8-4-5-9-16(14)17;1-2/h6-10,12,15-21,23,25,27,38H,2,11,13-14,22,24,26H2,1,3-5H3;1-11H,12H2,(H2,19,20);1-2H3/b8-6-,17-9-,28-23+,29-15-,30-16+,35-32-;;. The molecule has 2 aliphatic carbocycles. The Hall–Kier alpha value is -5.17. The Labute approximate surface area is 371 Å². The van der Waals surface area contributed by atoms with Crippen molar-refractivity contribution in [1.82, 2.24) is 0 Å². The van der Waals surface area contributed by atoms with E-state index in [0.717, 1.165) is 44.3 Å². The van der Waals surface area contributed by atoms with Crippen LogP contribution in [0.1, 0.15) is 95.9 Å². The van der Waals surface area contributed by atoms with Crippen molar-refractivity contribution < 1.29 is 0 Å². The molecule has 1 unspecified atom stereocenters. The number of anilines is 1. The van der Waals surface area contributed by atoms with Crippen molar-refractivity contribution >= 4 is 54.6 Å². The van der Waals surface area contributed by atoms with E-state index in [4.69, 9.17) is 3.95 Å². The molecule has 1 atom stereocenters. The fourth-order valence-corrected chi connectivity index (χ4v) is 8.84. The summed E-state index contributed by atoms with van der Waals surface area (Å²) in [4.78, 5) is 0. The second kappa shape index (κ2) is 24.2. The summed E-state index contributed by atoms with van der Waals surface area (Å²) >= 11 is -0.614. The topological polar surface area (TPSA) is 50.4 Å². The number of allylic oxidation sites excluding steroid dienone is 17. The van der Waals surface area contributed by atoms with E-state index in [-0.39, 0.29) is 0 Å². The van der Waals surface area contributed by atoms with E-state index in [2.05, 4.69) is 188 Å². The van der Waals surface area contributed by atoms with Gasteiger partial charge in [-0.05, 0) is 127 Å². The number of fused-ring (bicyclic) bond motifs is 4. The molecular weight excluding hydrogens is 842 g/mol. The fourth-order valence-electron chi connectivity index (χ4n) is 7.99. The number of nitrogens with zero attached hydrogens (tertiary/aromatic N) is 1. The Morgan fingerprint density at radius 3 is 2.57 bits per heavy atom. The molecule has 0 spiro atoms. The zero-order valence-electron chi connectivity index (χ0n) is 36.6. The predicted molar refractivity (Wildman–Crippen MR) is 274 cm³/mol. The molecule has 0 bridgehead atoms. The summed E-state index contributed by atoms with van der Waals surface area (Å²) in [7, 11) is 0. The molecule has 0 fully saturated rings. The third kappa shape index (κ3) is 12.7. The number of benzene rings is 4. The van der Waals surface area contributed by atoms with E-state index in [1.165, 1.54) is 84.1 Å². The summed E-state index contributed by atoms with van der Waals surface area (Å²) in [5.74, 6) is 0.685. The highest BCUT2D eigenvalue weighted by molar-refractivity contribution is 14.1. The molecule has 1 aliphatic heterocycles. The number of hydrogen-bond acceptors (Lipinski definition) is 2. The van der Waals surface area contributed by atoms with Crippen LogP contribution in [0.4, 0.5) is 11.4 Å². The van der Waals surface area contributed by atoms with Crippen molar-refractivity contribution in [2.24, 2.45) is 13.0 Å². The van der Waals surface area contributed by atoms with Crippen molar-refractivity contribution in [3.8, 4) is 0 Å². The molecule has 7 rings (SSSR count). The van der Waals surface area contributed by atoms with Gasteiger partial charge in [0.15, 0.2) is 0 Å². The van der Waals surface area contributed by atoms with E-state index in [1.807, 2.05) is 26.0 Å². The zero-order chi connectivity index (χ0) is 42.7. The van der Waals surface area contributed by atoms with Crippen LogP contribution in [0.5, 0.6) is 0 Å². The van der Waals surface area contributed by atoms with Gasteiger partial charge in [0.05, 0.1) is 27.0 Å². The van der Waals surface area contributed by atoms with Crippen LogP contribution < -0.4 is 9.26 Å². The van der Waals surface area contributed by atoms with Gasteiger partial charge in [-0.25, -0.2) is 3.15 Å². The Balaban J connectivity index is 0.000000259. The summed E-state index contributed by atoms with van der Waals surface area (Å²) in [5, 5.41) is 6.05. The number of nitrogens with one attached hydrogen (secondary N) is 1. The maximum absolute atomic E-state index is 5.76. The van der Waals surface area contributed by atoms with Gasteiger partial charge < -0.3 is 5.32 Å². The van der Waals surface area contributed by atoms with Crippen molar-refractivity contribution in [2.45, 2.75) is 80.1 Å². The van der Waals surface area contributed by atoms with Crippen LogP contribution in [0.15, 0.2) is 195 Å². The van der Waals surface area contributed by atoms with Crippen LogP contribution in [0.3, 0.4) is 0 Å². The minimum atomic E-state index is -0.614. The van der Waals surface area contributed by atoms with Gasteiger partial charge in [0.2, 0.25) is 0 Å². The Morgan fingerprint density at radius 2 is 1.78 bits per heavy atom. The maximum Gasteiger partial charge on any atom is 0.0816 e. The highest BCUT2D eigenvalue weighted by Gasteiger charge is 2.20. The first-order chi connectivity index (χ1) is 29.4. The lowest BCUT2D eigenvalue weighted by Gasteiger charge is -2.24. The van der Waals surface area contributed by atoms with Crippen LogP contribution in [-0.4, -0.2) is 6.54 Å². The molecule has 0 aromatic heterocycles. The second-order valence-electron chi connectivity index (χ2n) is 15.4. The Morgan fingerprint density at radius 1 is 0.983 bits per heavy atom. The smallest absolute Gasteiger partial charge is 0.0816 e. The molecule has 4 aromatic rings. The summed E-state index contributed by atoms with van der Waals surface area (Å²) in [5.41, 5.74) is 17.0. The van der Waals surface area contributed by atoms with E-state index in [1.54, 1.807) is 0 Å². The van der Waals surface area contributed by atoms with Gasteiger partial charge >= 0.3 is 0 Å². The van der Waals surface area contributed by atoms with Crippen molar-refractivity contribution in [2.75, 3.05) is 11.9 Å². The number of nitrogens with two attached hydrogens (primary N) is 1. The highest BCUT2D eigenvalue weighted by Crippen LogP contribution is 2.39. The molecule has 3 N–H and O–H groups in total. The summed E-state index contributed by atoms with van der Waals surface area (Å²) < 4.78 is 10.4. The minimum absolute atomic E-state index is 0.614. The highest BCUT2D eigenvalue weighted by atomic mass is 127. The van der Waals surface area contributed by atoms with Crippen molar-refractivity contribution in [3.63, 3.8) is 0 Å². The van der Waals surface area contributed by atoms with Gasteiger partial charge in [0.1, 0.15) is 0 Å². The zero-order valence-corrected chi connectivity index (χ0v) is 38.8. The lowest BCUT2D eigenvalue weighted by atomic mass is 9.84. The molecular formula is C56H64IN3. The van der Waals surface area contributed by atoms with Crippen LogP contribution in [-0.2, 0) is 6.42 Å². The average molecular weight is 906 g/mol. The minimum Gasteiger partial charge on any atom is -0.380 e. The van der Waals surface area contributed by atoms with Crippen LogP contribution >= 0.6 is 21.3 Å². The number of rotatable bonds is 10. The van der Waals surface area contributed by atoms with Gasteiger partial charge in [0.25, 0.3) is 0 Å². The van der Waals surface area contributed by atoms with Crippen molar-refractivity contribution in [3.05, 3.63) is 215 Å². The van der Waals surface area contributed by atoms with Gasteiger partial charge in [-0.3, -0.25) is 3.95 Å². The molecule has 3 aliphatic rings. The predicted octanol–water partition coefficient (Wildman–Crippen LogP) is 16.6. The quantitative estimate of drug-likeness (QED) is 0.0946. The van der Waals surface area contributed by atoms with Crippen LogP contribution in [0, 0.1) is 5.92 Å². The third-order valence-corrected chi connectivity index (χ3v) is 11.8. The van der Waals surface area contributed by atoms with Crippen LogP contribution in [0.25, 0.3) is 21.9 Å². The normalized spacial score (nSPS) is 19.1. The Bertz CT molecular complexity index is 2410. The summed E-state index contributed by atoms with van der Waals surface area (Å²) in [6.07, 6.45) is 33.0. The molecule has 0 amide bonds. The van der Waals surface area contributed by atoms with E-state index >= 15 is 0 Å². The lowest BCUT2D eigenvalue weighted by Crippen LogP contribution is -2.14. The second-order valence-corrected chi connectivity index (χ2v) is 16.5.